The van der Waals surface area contributed by atoms with Crippen molar-refractivity contribution >= 4 is 49.0 Å². The van der Waals surface area contributed by atoms with Crippen LogP contribution in [0.2, 0.25) is 0 Å². The van der Waals surface area contributed by atoms with Crippen LogP contribution in [0.5, 0.6) is 0 Å². The lowest BCUT2D eigenvalue weighted by Gasteiger charge is -2.17. The largest absolute Gasteiger partial charge is 0.448 e. The van der Waals surface area contributed by atoms with E-state index in [0.717, 1.165) is 0 Å². The zero-order valence-electron chi connectivity index (χ0n) is 23.7. The maximum Gasteiger partial charge on any atom is 0.442 e. The SMILES string of the molecule is CCOC(=O)N=[S@](C)(=O)c1ccc(Nc2ncc(-c3ccc(NS(=O)(=O)c4ccccc4)cc3)c(N[C@H](C)CO)n2)cc1. The topological polar surface area (TPSA) is 172 Å². The van der Waals surface area contributed by atoms with Crippen molar-refractivity contribution in [3.05, 3.63) is 85.1 Å². The van der Waals surface area contributed by atoms with E-state index in [9.17, 15) is 22.5 Å². The summed E-state index contributed by atoms with van der Waals surface area (Å²) in [5.74, 6) is 0.697. The van der Waals surface area contributed by atoms with Crippen molar-refractivity contribution in [2.75, 3.05) is 34.8 Å². The summed E-state index contributed by atoms with van der Waals surface area (Å²) in [6.45, 7) is 3.43. The molecule has 4 N–H and O–H groups in total. The Bertz CT molecular complexity index is 1790. The second kappa shape index (κ2) is 13.6. The number of anilines is 4. The third-order valence-electron chi connectivity index (χ3n) is 6.01. The molecule has 4 aromatic rings. The molecule has 0 aliphatic rings. The molecular weight excluding hydrogens is 592 g/mol. The van der Waals surface area contributed by atoms with Gasteiger partial charge in [0.25, 0.3) is 10.0 Å². The number of carbonyl (C=O) groups is 1. The van der Waals surface area contributed by atoms with Gasteiger partial charge in [0, 0.05) is 40.3 Å². The van der Waals surface area contributed by atoms with Crippen molar-refractivity contribution in [1.82, 2.24) is 9.97 Å². The number of hydrogen-bond donors (Lipinski definition) is 4. The van der Waals surface area contributed by atoms with Crippen LogP contribution in [-0.2, 0) is 24.5 Å². The Hall–Kier alpha value is -4.53. The summed E-state index contributed by atoms with van der Waals surface area (Å²) >= 11 is 0. The van der Waals surface area contributed by atoms with Crippen LogP contribution in [0.3, 0.4) is 0 Å². The molecule has 0 bridgehead atoms. The van der Waals surface area contributed by atoms with Gasteiger partial charge in [0.05, 0.1) is 27.8 Å². The fourth-order valence-corrected chi connectivity index (χ4v) is 6.00. The van der Waals surface area contributed by atoms with Gasteiger partial charge < -0.3 is 20.5 Å². The molecule has 226 valence electrons. The van der Waals surface area contributed by atoms with E-state index >= 15 is 0 Å². The highest BCUT2D eigenvalue weighted by Crippen LogP contribution is 2.30. The quantitative estimate of drug-likeness (QED) is 0.176. The molecule has 0 fully saturated rings. The Morgan fingerprint density at radius 3 is 2.23 bits per heavy atom. The number of aliphatic hydroxyl groups excluding tert-OH is 1. The first-order valence-electron chi connectivity index (χ1n) is 13.2. The minimum Gasteiger partial charge on any atom is -0.448 e. The zero-order valence-corrected chi connectivity index (χ0v) is 25.4. The lowest BCUT2D eigenvalue weighted by atomic mass is 10.1. The lowest BCUT2D eigenvalue weighted by Crippen LogP contribution is -2.21. The molecule has 0 unspecified atom stereocenters. The molecule has 2 atom stereocenters. The average Bonchev–Trinajstić information content (AvgIpc) is 2.98. The van der Waals surface area contributed by atoms with Crippen LogP contribution in [0.25, 0.3) is 11.1 Å². The van der Waals surface area contributed by atoms with Gasteiger partial charge in [-0.05, 0) is 67.9 Å². The molecule has 43 heavy (non-hydrogen) atoms. The molecule has 0 aliphatic heterocycles. The number of sulfonamides is 1. The zero-order chi connectivity index (χ0) is 31.0. The molecule has 1 heterocycles. The molecule has 0 saturated heterocycles. The molecular formula is C29H32N6O6S2. The standard InChI is InChI=1S/C29H32N6O6S2/c1-4-41-29(37)35-42(3,38)24-16-14-22(15-17-24)32-28-30-18-26(27(33-28)31-20(2)19-36)21-10-12-23(13-11-21)34-43(39,40)25-8-6-5-7-9-25/h5-18,20,34,36H,4,19H2,1-3H3,(H2,30,31,32,33)/t20-,42-/m1/s1. The highest BCUT2D eigenvalue weighted by atomic mass is 32.2. The van der Waals surface area contributed by atoms with E-state index in [1.54, 1.807) is 86.8 Å². The number of rotatable bonds is 11. The highest BCUT2D eigenvalue weighted by molar-refractivity contribution is 7.93. The van der Waals surface area contributed by atoms with Gasteiger partial charge >= 0.3 is 6.09 Å². The molecule has 12 nitrogen and oxygen atoms in total. The summed E-state index contributed by atoms with van der Waals surface area (Å²) in [6.07, 6.45) is 2.08. The van der Waals surface area contributed by atoms with Crippen molar-refractivity contribution < 1.29 is 27.3 Å². The number of benzene rings is 3. The third-order valence-corrected chi connectivity index (χ3v) is 9.05. The minimum absolute atomic E-state index is 0.134. The van der Waals surface area contributed by atoms with Crippen LogP contribution in [0.4, 0.5) is 27.9 Å². The maximum absolute atomic E-state index is 12.9. The Kier molecular flexibility index (Phi) is 9.95. The number of aliphatic hydroxyl groups is 1. The summed E-state index contributed by atoms with van der Waals surface area (Å²) in [7, 11) is -6.73. The average molecular weight is 625 g/mol. The van der Waals surface area contributed by atoms with Gasteiger partial charge in [0.2, 0.25) is 5.95 Å². The summed E-state index contributed by atoms with van der Waals surface area (Å²) in [6, 6.07) is 21.0. The van der Waals surface area contributed by atoms with Gasteiger partial charge in [-0.25, -0.2) is 22.4 Å². The van der Waals surface area contributed by atoms with Crippen LogP contribution in [0.15, 0.2) is 99.2 Å². The number of aromatic nitrogens is 2. The number of ether oxygens (including phenoxy) is 1. The summed E-state index contributed by atoms with van der Waals surface area (Å²) in [5.41, 5.74) is 2.33. The Morgan fingerprint density at radius 2 is 1.60 bits per heavy atom. The van der Waals surface area contributed by atoms with Gasteiger partial charge in [0.1, 0.15) is 5.82 Å². The van der Waals surface area contributed by atoms with Gasteiger partial charge in [-0.1, -0.05) is 30.3 Å². The predicted octanol–water partition coefficient (Wildman–Crippen LogP) is 5.09. The van der Waals surface area contributed by atoms with Crippen molar-refractivity contribution in [3.8, 4) is 11.1 Å². The normalized spacial score (nSPS) is 13.3. The maximum atomic E-state index is 12.9. The number of carbonyl (C=O) groups excluding carboxylic acids is 1. The molecule has 0 saturated carbocycles. The van der Waals surface area contributed by atoms with Crippen LogP contribution >= 0.6 is 0 Å². The molecule has 0 radical (unpaired) electrons. The van der Waals surface area contributed by atoms with Crippen molar-refractivity contribution in [1.29, 1.82) is 0 Å². The molecule has 4 rings (SSSR count). The number of nitrogens with zero attached hydrogens (tertiary/aromatic N) is 3. The molecule has 1 aromatic heterocycles. The van der Waals surface area contributed by atoms with E-state index < -0.39 is 25.8 Å². The molecule has 3 aromatic carbocycles. The van der Waals surface area contributed by atoms with E-state index in [1.807, 2.05) is 0 Å². The van der Waals surface area contributed by atoms with Gasteiger partial charge in [0.15, 0.2) is 0 Å². The number of amides is 1. The van der Waals surface area contributed by atoms with Gasteiger partial charge in [-0.3, -0.25) is 4.72 Å². The fraction of sp³-hybridized carbons (Fsp3) is 0.207. The second-order valence-electron chi connectivity index (χ2n) is 9.42. The van der Waals surface area contributed by atoms with Crippen LogP contribution in [0.1, 0.15) is 13.8 Å². The predicted molar refractivity (Wildman–Crippen MR) is 166 cm³/mol. The first kappa shape index (κ1) is 31.4. The van der Waals surface area contributed by atoms with Crippen molar-refractivity contribution in [3.63, 3.8) is 0 Å². The van der Waals surface area contributed by atoms with Crippen LogP contribution in [0, 0.1) is 0 Å². The van der Waals surface area contributed by atoms with E-state index in [0.29, 0.717) is 33.2 Å². The third kappa shape index (κ3) is 8.28. The molecule has 14 heteroatoms. The Balaban J connectivity index is 1.56. The van der Waals surface area contributed by atoms with E-state index in [4.69, 9.17) is 4.74 Å². The smallest absolute Gasteiger partial charge is 0.442 e. The Labute approximate surface area is 250 Å². The molecule has 1 amide bonds. The fourth-order valence-electron chi connectivity index (χ4n) is 3.84. The van der Waals surface area contributed by atoms with E-state index in [1.165, 1.54) is 18.4 Å². The highest BCUT2D eigenvalue weighted by Gasteiger charge is 2.16. The van der Waals surface area contributed by atoms with Gasteiger partial charge in [-0.15, -0.1) is 4.36 Å². The summed E-state index contributed by atoms with van der Waals surface area (Å²) in [4.78, 5) is 21.2. The van der Waals surface area contributed by atoms with Gasteiger partial charge in [-0.2, -0.15) is 4.98 Å². The first-order valence-corrected chi connectivity index (χ1v) is 16.6. The summed E-state index contributed by atoms with van der Waals surface area (Å²) < 4.78 is 49.2. The molecule has 0 spiro atoms. The van der Waals surface area contributed by atoms with E-state index in [-0.39, 0.29) is 30.1 Å². The monoisotopic (exact) mass is 624 g/mol. The first-order chi connectivity index (χ1) is 20.5. The number of nitrogens with one attached hydrogen (secondary N) is 3. The molecule has 0 aliphatic carbocycles. The van der Waals surface area contributed by atoms with Crippen molar-refractivity contribution in [2.45, 2.75) is 29.7 Å². The Morgan fingerprint density at radius 1 is 0.953 bits per heavy atom. The second-order valence-corrected chi connectivity index (χ2v) is 13.4. The minimum atomic E-state index is -3.74. The van der Waals surface area contributed by atoms with Crippen LogP contribution in [-0.4, -0.2) is 59.3 Å². The van der Waals surface area contributed by atoms with E-state index in [2.05, 4.69) is 29.7 Å². The summed E-state index contributed by atoms with van der Waals surface area (Å²) in [5, 5.41) is 15.9. The lowest BCUT2D eigenvalue weighted by molar-refractivity contribution is 0.164. The number of hydrogen-bond acceptors (Lipinski definition) is 10. The van der Waals surface area contributed by atoms with Crippen molar-refractivity contribution in [2.24, 2.45) is 4.36 Å². The van der Waals surface area contributed by atoms with Crippen LogP contribution < -0.4 is 15.4 Å².